The minimum absolute atomic E-state index is 0.126. The molecule has 5 amide bonds. The highest BCUT2D eigenvalue weighted by molar-refractivity contribution is 6.08. The van der Waals surface area contributed by atoms with Crippen LogP contribution in [0, 0.1) is 5.92 Å². The molecule has 47 heavy (non-hydrogen) atoms. The lowest BCUT2D eigenvalue weighted by Gasteiger charge is -2.38. The predicted molar refractivity (Wildman–Crippen MR) is 178 cm³/mol. The predicted octanol–water partition coefficient (Wildman–Crippen LogP) is 5.60. The number of fused-ring (bicyclic) bond motifs is 3. The average Bonchev–Trinajstić information content (AvgIpc) is 3.54. The van der Waals surface area contributed by atoms with E-state index in [0.717, 1.165) is 10.8 Å². The maximum Gasteiger partial charge on any atom is 0.323 e. The summed E-state index contributed by atoms with van der Waals surface area (Å²) in [6, 6.07) is 22.1. The van der Waals surface area contributed by atoms with Crippen molar-refractivity contribution in [1.29, 1.82) is 0 Å². The van der Waals surface area contributed by atoms with E-state index < -0.39 is 18.2 Å². The van der Waals surface area contributed by atoms with E-state index in [1.54, 1.807) is 55.3 Å². The SMILES string of the molecule is C[C@H]1CN([C@@H](C)CO)C(=O)c2cccc(NC(=O)Nc3cccc4ccccc34)c2O[C@@H]1CN(C)C(=O)Nc1ccc2c(c1)OCO2. The van der Waals surface area contributed by atoms with Gasteiger partial charge in [0.25, 0.3) is 5.91 Å². The lowest BCUT2D eigenvalue weighted by Crippen LogP contribution is -2.50. The van der Waals surface area contributed by atoms with Gasteiger partial charge in [0, 0.05) is 36.7 Å². The molecule has 0 saturated carbocycles. The molecule has 2 aliphatic heterocycles. The Morgan fingerprint density at radius 3 is 2.51 bits per heavy atom. The zero-order valence-corrected chi connectivity index (χ0v) is 26.4. The van der Waals surface area contributed by atoms with Gasteiger partial charge in [-0.25, -0.2) is 9.59 Å². The standard InChI is InChI=1S/C35H37N5O7/c1-21-17-40(22(2)19-41)33(42)26-11-7-13-28(38-34(43)37-27-12-6-9-23-8-4-5-10-25(23)27)32(26)47-31(21)18-39(3)35(44)36-24-14-15-29-30(16-24)46-20-45-29/h4-16,21-22,31,41H,17-20H2,1-3H3,(H,36,44)(H2,37,38,43)/t21-,22-,31+/m0/s1. The summed E-state index contributed by atoms with van der Waals surface area (Å²) in [5.41, 5.74) is 1.69. The van der Waals surface area contributed by atoms with Gasteiger partial charge in [-0.2, -0.15) is 0 Å². The molecule has 12 nitrogen and oxygen atoms in total. The first-order valence-corrected chi connectivity index (χ1v) is 15.4. The number of nitrogens with one attached hydrogen (secondary N) is 3. The van der Waals surface area contributed by atoms with Gasteiger partial charge in [-0.3, -0.25) is 4.79 Å². The van der Waals surface area contributed by atoms with Gasteiger partial charge in [-0.15, -0.1) is 0 Å². The molecule has 2 aliphatic rings. The summed E-state index contributed by atoms with van der Waals surface area (Å²) >= 11 is 0. The Bertz CT molecular complexity index is 1810. The zero-order valence-electron chi connectivity index (χ0n) is 26.4. The van der Waals surface area contributed by atoms with Crippen LogP contribution in [0.4, 0.5) is 26.7 Å². The van der Waals surface area contributed by atoms with Gasteiger partial charge in [-0.1, -0.05) is 49.4 Å². The number of ether oxygens (including phenoxy) is 3. The first-order valence-electron chi connectivity index (χ1n) is 15.4. The van der Waals surface area contributed by atoms with E-state index in [-0.39, 0.29) is 61.3 Å². The van der Waals surface area contributed by atoms with E-state index in [0.29, 0.717) is 22.9 Å². The molecule has 3 atom stereocenters. The second-order valence-corrected chi connectivity index (χ2v) is 11.8. The number of benzene rings is 4. The summed E-state index contributed by atoms with van der Waals surface area (Å²) in [6.45, 7) is 4.02. The Kier molecular flexibility index (Phi) is 9.03. The smallest absolute Gasteiger partial charge is 0.323 e. The Balaban J connectivity index is 1.25. The van der Waals surface area contributed by atoms with Gasteiger partial charge < -0.3 is 45.1 Å². The van der Waals surface area contributed by atoms with Crippen LogP contribution in [0.1, 0.15) is 24.2 Å². The van der Waals surface area contributed by atoms with Gasteiger partial charge in [0.05, 0.1) is 36.1 Å². The van der Waals surface area contributed by atoms with Gasteiger partial charge in [0.1, 0.15) is 6.10 Å². The Morgan fingerprint density at radius 1 is 0.957 bits per heavy atom. The molecule has 4 aromatic carbocycles. The van der Waals surface area contributed by atoms with Crippen LogP contribution >= 0.6 is 0 Å². The van der Waals surface area contributed by atoms with Crippen LogP contribution < -0.4 is 30.2 Å². The van der Waals surface area contributed by atoms with Crippen molar-refractivity contribution >= 4 is 45.8 Å². The molecule has 0 aliphatic carbocycles. The molecule has 2 heterocycles. The van der Waals surface area contributed by atoms with Crippen molar-refractivity contribution in [2.45, 2.75) is 26.0 Å². The molecular weight excluding hydrogens is 602 g/mol. The van der Waals surface area contributed by atoms with Crippen LogP contribution in [0.2, 0.25) is 0 Å². The fourth-order valence-corrected chi connectivity index (χ4v) is 5.72. The van der Waals surface area contributed by atoms with Crippen molar-refractivity contribution in [1.82, 2.24) is 9.80 Å². The highest BCUT2D eigenvalue weighted by atomic mass is 16.7. The number of rotatable bonds is 7. The number of amides is 5. The number of anilines is 3. The highest BCUT2D eigenvalue weighted by Crippen LogP contribution is 2.36. The van der Waals surface area contributed by atoms with Crippen molar-refractivity contribution in [2.24, 2.45) is 5.92 Å². The first kappa shape index (κ1) is 31.5. The average molecular weight is 640 g/mol. The number of likely N-dealkylation sites (N-methyl/N-ethyl adjacent to an activating group) is 1. The number of aliphatic hydroxyl groups excluding tert-OH is 1. The summed E-state index contributed by atoms with van der Waals surface area (Å²) in [6.07, 6.45) is -0.591. The van der Waals surface area contributed by atoms with Crippen molar-refractivity contribution < 1.29 is 33.7 Å². The van der Waals surface area contributed by atoms with Crippen molar-refractivity contribution in [3.8, 4) is 17.2 Å². The second-order valence-electron chi connectivity index (χ2n) is 11.8. The Morgan fingerprint density at radius 2 is 1.68 bits per heavy atom. The molecule has 4 aromatic rings. The summed E-state index contributed by atoms with van der Waals surface area (Å²) in [5.74, 6) is 0.740. The van der Waals surface area contributed by atoms with E-state index in [2.05, 4.69) is 16.0 Å². The van der Waals surface area contributed by atoms with Gasteiger partial charge >= 0.3 is 12.1 Å². The van der Waals surface area contributed by atoms with Gasteiger partial charge in [0.2, 0.25) is 6.79 Å². The molecule has 4 N–H and O–H groups in total. The normalized spacial score (nSPS) is 17.5. The quantitative estimate of drug-likeness (QED) is 0.206. The number of hydrogen-bond donors (Lipinski definition) is 4. The summed E-state index contributed by atoms with van der Waals surface area (Å²) in [7, 11) is 1.65. The molecule has 244 valence electrons. The molecular formula is C35H37N5O7. The summed E-state index contributed by atoms with van der Waals surface area (Å²) in [5, 5.41) is 20.5. The van der Waals surface area contributed by atoms with Crippen molar-refractivity contribution in [2.75, 3.05) is 49.5 Å². The Hall–Kier alpha value is -5.49. The molecule has 12 heteroatoms. The molecule has 0 radical (unpaired) electrons. The summed E-state index contributed by atoms with van der Waals surface area (Å²) < 4.78 is 17.3. The van der Waals surface area contributed by atoms with Gasteiger partial charge in [0.15, 0.2) is 17.2 Å². The highest BCUT2D eigenvalue weighted by Gasteiger charge is 2.35. The van der Waals surface area contributed by atoms with E-state index >= 15 is 0 Å². The third kappa shape index (κ3) is 6.73. The maximum absolute atomic E-state index is 13.8. The first-order chi connectivity index (χ1) is 22.7. The van der Waals surface area contributed by atoms with Crippen LogP contribution in [-0.4, -0.2) is 78.6 Å². The number of carbonyl (C=O) groups excluding carboxylic acids is 3. The zero-order chi connectivity index (χ0) is 33.1. The fraction of sp³-hybridized carbons (Fsp3) is 0.286. The van der Waals surface area contributed by atoms with Crippen LogP contribution in [0.3, 0.4) is 0 Å². The molecule has 0 saturated heterocycles. The monoisotopic (exact) mass is 639 g/mol. The largest absolute Gasteiger partial charge is 0.485 e. The molecule has 6 rings (SSSR count). The lowest BCUT2D eigenvalue weighted by atomic mass is 9.99. The van der Waals surface area contributed by atoms with E-state index in [9.17, 15) is 19.5 Å². The second kappa shape index (κ2) is 13.5. The molecule has 0 spiro atoms. The number of para-hydroxylation sites is 1. The minimum atomic E-state index is -0.591. The van der Waals surface area contributed by atoms with E-state index in [1.165, 1.54) is 4.90 Å². The summed E-state index contributed by atoms with van der Waals surface area (Å²) in [4.78, 5) is 43.6. The third-order valence-electron chi connectivity index (χ3n) is 8.40. The number of aliphatic hydroxyl groups is 1. The fourth-order valence-electron chi connectivity index (χ4n) is 5.72. The van der Waals surface area contributed by atoms with Crippen molar-refractivity contribution in [3.63, 3.8) is 0 Å². The van der Waals surface area contributed by atoms with Crippen LogP contribution in [-0.2, 0) is 0 Å². The number of nitrogens with zero attached hydrogens (tertiary/aromatic N) is 2. The Labute approximate surface area is 272 Å². The third-order valence-corrected chi connectivity index (χ3v) is 8.40. The topological polar surface area (TPSA) is 142 Å². The van der Waals surface area contributed by atoms with Crippen LogP contribution in [0.25, 0.3) is 10.8 Å². The van der Waals surface area contributed by atoms with E-state index in [4.69, 9.17) is 14.2 Å². The molecule has 0 fully saturated rings. The van der Waals surface area contributed by atoms with Crippen LogP contribution in [0.5, 0.6) is 17.2 Å². The number of urea groups is 2. The van der Waals surface area contributed by atoms with Crippen molar-refractivity contribution in [3.05, 3.63) is 84.4 Å². The van der Waals surface area contributed by atoms with Gasteiger partial charge in [-0.05, 0) is 42.6 Å². The molecule has 0 aromatic heterocycles. The maximum atomic E-state index is 13.8. The lowest BCUT2D eigenvalue weighted by molar-refractivity contribution is 0.0373. The number of carbonyl (C=O) groups is 3. The molecule has 0 bridgehead atoms. The molecule has 0 unspecified atom stereocenters. The van der Waals surface area contributed by atoms with E-state index in [1.807, 2.05) is 49.4 Å². The van der Waals surface area contributed by atoms with Crippen LogP contribution in [0.15, 0.2) is 78.9 Å². The minimum Gasteiger partial charge on any atom is -0.485 e. The number of hydrogen-bond acceptors (Lipinski definition) is 7.